The average molecular weight is 492 g/mol. The first-order chi connectivity index (χ1) is 17.0. The molecule has 0 saturated carbocycles. The molecule has 2 N–H and O–H groups in total. The van der Waals surface area contributed by atoms with Gasteiger partial charge in [0.05, 0.1) is 39.1 Å². The van der Waals surface area contributed by atoms with Gasteiger partial charge in [-0.25, -0.2) is 0 Å². The van der Waals surface area contributed by atoms with Crippen molar-refractivity contribution >= 4 is 28.2 Å². The van der Waals surface area contributed by atoms with E-state index in [2.05, 4.69) is 29.4 Å². The van der Waals surface area contributed by atoms with E-state index in [-0.39, 0.29) is 5.56 Å². The Morgan fingerprint density at radius 2 is 1.83 bits per heavy atom. The number of ether oxygens (including phenoxy) is 2. The van der Waals surface area contributed by atoms with Gasteiger partial charge in [0.25, 0.3) is 5.56 Å². The predicted molar refractivity (Wildman–Crippen MR) is 141 cm³/mol. The molecular weight excluding hydrogens is 462 g/mol. The summed E-state index contributed by atoms with van der Waals surface area (Å²) in [6, 6.07) is 17.5. The summed E-state index contributed by atoms with van der Waals surface area (Å²) >= 11 is 5.73. The van der Waals surface area contributed by atoms with Crippen molar-refractivity contribution in [2.45, 2.75) is 26.4 Å². The molecular formula is C27H29N3O4S. The van der Waals surface area contributed by atoms with Crippen LogP contribution < -0.4 is 20.3 Å². The van der Waals surface area contributed by atoms with E-state index in [1.54, 1.807) is 26.5 Å². The Labute approximate surface area is 209 Å². The third kappa shape index (κ3) is 5.84. The number of benzene rings is 2. The van der Waals surface area contributed by atoms with Gasteiger partial charge in [0.1, 0.15) is 5.76 Å². The van der Waals surface area contributed by atoms with E-state index < -0.39 is 0 Å². The number of furan rings is 1. The number of aromatic amines is 1. The fourth-order valence-corrected chi connectivity index (χ4v) is 4.22. The SMILES string of the molecule is COc1cc2cc(CN(CCc3ccccc3C)C(=S)NCc3ccco3)c(=O)[nH]c2cc1OC. The lowest BCUT2D eigenvalue weighted by molar-refractivity contribution is 0.355. The molecule has 0 spiro atoms. The number of hydrogen-bond acceptors (Lipinski definition) is 5. The Morgan fingerprint density at radius 1 is 1.06 bits per heavy atom. The van der Waals surface area contributed by atoms with Gasteiger partial charge in [-0.2, -0.15) is 0 Å². The van der Waals surface area contributed by atoms with Gasteiger partial charge in [0.2, 0.25) is 0 Å². The molecule has 4 aromatic rings. The van der Waals surface area contributed by atoms with Crippen LogP contribution in [0.1, 0.15) is 22.5 Å². The van der Waals surface area contributed by atoms with E-state index in [1.165, 1.54) is 11.1 Å². The second kappa shape index (κ2) is 11.1. The Balaban J connectivity index is 1.60. The van der Waals surface area contributed by atoms with Crippen molar-refractivity contribution in [3.05, 3.63) is 93.7 Å². The van der Waals surface area contributed by atoms with Crippen molar-refractivity contribution in [3.63, 3.8) is 0 Å². The third-order valence-corrected chi connectivity index (χ3v) is 6.38. The van der Waals surface area contributed by atoms with Crippen molar-refractivity contribution in [1.82, 2.24) is 15.2 Å². The molecule has 0 bridgehead atoms. The molecule has 0 radical (unpaired) electrons. The first-order valence-electron chi connectivity index (χ1n) is 11.4. The van der Waals surface area contributed by atoms with Gasteiger partial charge >= 0.3 is 0 Å². The maximum Gasteiger partial charge on any atom is 0.253 e. The minimum atomic E-state index is -0.167. The van der Waals surface area contributed by atoms with Crippen LogP contribution in [0.25, 0.3) is 10.9 Å². The number of aromatic nitrogens is 1. The van der Waals surface area contributed by atoms with Crippen molar-refractivity contribution < 1.29 is 13.9 Å². The molecule has 2 aromatic carbocycles. The maximum absolute atomic E-state index is 13.0. The first-order valence-corrected chi connectivity index (χ1v) is 11.8. The number of thiocarbonyl (C=S) groups is 1. The summed E-state index contributed by atoms with van der Waals surface area (Å²) in [6.07, 6.45) is 2.43. The minimum Gasteiger partial charge on any atom is -0.493 e. The van der Waals surface area contributed by atoms with Crippen molar-refractivity contribution in [1.29, 1.82) is 0 Å². The lowest BCUT2D eigenvalue weighted by atomic mass is 10.1. The molecule has 2 aromatic heterocycles. The number of hydrogen-bond donors (Lipinski definition) is 2. The quantitative estimate of drug-likeness (QED) is 0.332. The van der Waals surface area contributed by atoms with Crippen LogP contribution in [-0.4, -0.2) is 35.8 Å². The number of H-pyrrole nitrogens is 1. The monoisotopic (exact) mass is 491 g/mol. The third-order valence-electron chi connectivity index (χ3n) is 5.98. The van der Waals surface area contributed by atoms with Crippen LogP contribution in [0.3, 0.4) is 0 Å². The number of nitrogens with one attached hydrogen (secondary N) is 2. The van der Waals surface area contributed by atoms with E-state index >= 15 is 0 Å². The molecule has 0 aliphatic heterocycles. The molecule has 182 valence electrons. The molecule has 0 unspecified atom stereocenters. The molecule has 8 heteroatoms. The highest BCUT2D eigenvalue weighted by Crippen LogP contribution is 2.31. The largest absolute Gasteiger partial charge is 0.493 e. The highest BCUT2D eigenvalue weighted by molar-refractivity contribution is 7.80. The molecule has 35 heavy (non-hydrogen) atoms. The van der Waals surface area contributed by atoms with Crippen molar-refractivity contribution in [2.24, 2.45) is 0 Å². The summed E-state index contributed by atoms with van der Waals surface area (Å²) in [5.41, 5.74) is 3.60. The molecule has 0 fully saturated rings. The normalized spacial score (nSPS) is 10.8. The van der Waals surface area contributed by atoms with Crippen molar-refractivity contribution in [3.8, 4) is 11.5 Å². The highest BCUT2D eigenvalue weighted by Gasteiger charge is 2.16. The summed E-state index contributed by atoms with van der Waals surface area (Å²) in [5, 5.41) is 4.67. The van der Waals surface area contributed by atoms with Crippen LogP contribution in [0.15, 0.2) is 70.1 Å². The lowest BCUT2D eigenvalue weighted by Gasteiger charge is -2.26. The summed E-state index contributed by atoms with van der Waals surface area (Å²) < 4.78 is 16.2. The van der Waals surface area contributed by atoms with E-state index in [0.717, 1.165) is 17.6 Å². The molecule has 0 amide bonds. The van der Waals surface area contributed by atoms with Crippen LogP contribution in [0.4, 0.5) is 0 Å². The summed E-state index contributed by atoms with van der Waals surface area (Å²) in [4.78, 5) is 18.0. The molecule has 0 atom stereocenters. The van der Waals surface area contributed by atoms with Gasteiger partial charge in [-0.15, -0.1) is 0 Å². The number of fused-ring (bicyclic) bond motifs is 1. The summed E-state index contributed by atoms with van der Waals surface area (Å²) in [7, 11) is 3.16. The molecule has 0 aliphatic rings. The molecule has 0 aliphatic carbocycles. The average Bonchev–Trinajstić information content (AvgIpc) is 3.39. The second-order valence-corrected chi connectivity index (χ2v) is 8.64. The summed E-state index contributed by atoms with van der Waals surface area (Å²) in [6.45, 7) is 3.58. The van der Waals surface area contributed by atoms with Gasteiger partial charge in [-0.3, -0.25) is 4.79 Å². The molecule has 4 rings (SSSR count). The summed E-state index contributed by atoms with van der Waals surface area (Å²) in [5.74, 6) is 1.95. The number of nitrogens with zero attached hydrogens (tertiary/aromatic N) is 1. The molecule has 0 saturated heterocycles. The number of methoxy groups -OCH3 is 2. The zero-order chi connectivity index (χ0) is 24.8. The van der Waals surface area contributed by atoms with Crippen LogP contribution in [0.5, 0.6) is 11.5 Å². The zero-order valence-corrected chi connectivity index (χ0v) is 20.9. The van der Waals surface area contributed by atoms with Gasteiger partial charge in [0, 0.05) is 23.6 Å². The lowest BCUT2D eigenvalue weighted by Crippen LogP contribution is -2.41. The van der Waals surface area contributed by atoms with Crippen LogP contribution in [-0.2, 0) is 19.5 Å². The van der Waals surface area contributed by atoms with Crippen LogP contribution in [0.2, 0.25) is 0 Å². The second-order valence-electron chi connectivity index (χ2n) is 8.25. The topological polar surface area (TPSA) is 79.7 Å². The van der Waals surface area contributed by atoms with Gasteiger partial charge in [0.15, 0.2) is 16.6 Å². The maximum atomic E-state index is 13.0. The standard InChI is InChI=1S/C27H29N3O4S/c1-18-7-4-5-8-19(18)10-11-30(27(35)28-16-22-9-6-12-34-22)17-21-13-20-14-24(32-2)25(33-3)15-23(20)29-26(21)31/h4-9,12-15H,10-11,16-17H2,1-3H3,(H,28,35)(H,29,31). The fourth-order valence-electron chi connectivity index (χ4n) is 3.99. The molecule has 7 nitrogen and oxygen atoms in total. The number of rotatable bonds is 9. The van der Waals surface area contributed by atoms with Gasteiger partial charge in [-0.1, -0.05) is 24.3 Å². The minimum absolute atomic E-state index is 0.167. The Kier molecular flexibility index (Phi) is 7.72. The van der Waals surface area contributed by atoms with Crippen LogP contribution >= 0.6 is 12.2 Å². The smallest absolute Gasteiger partial charge is 0.253 e. The Morgan fingerprint density at radius 3 is 2.54 bits per heavy atom. The Bertz CT molecular complexity index is 1360. The Hall–Kier alpha value is -3.78. The van der Waals surface area contributed by atoms with E-state index in [4.69, 9.17) is 26.1 Å². The van der Waals surface area contributed by atoms with Crippen molar-refractivity contribution in [2.75, 3.05) is 20.8 Å². The first kappa shape index (κ1) is 24.3. The van der Waals surface area contributed by atoms with E-state index in [0.29, 0.717) is 47.3 Å². The van der Waals surface area contributed by atoms with E-state index in [9.17, 15) is 4.79 Å². The van der Waals surface area contributed by atoms with Crippen LogP contribution in [0, 0.1) is 6.92 Å². The van der Waals surface area contributed by atoms with E-state index in [1.807, 2.05) is 41.3 Å². The number of pyridine rings is 1. The molecule has 2 heterocycles. The highest BCUT2D eigenvalue weighted by atomic mass is 32.1. The van der Waals surface area contributed by atoms with Gasteiger partial charge in [-0.05, 0) is 61.0 Å². The zero-order valence-electron chi connectivity index (χ0n) is 20.1. The van der Waals surface area contributed by atoms with Gasteiger partial charge < -0.3 is 29.1 Å². The fraction of sp³-hybridized carbons (Fsp3) is 0.259. The number of aryl methyl sites for hydroxylation is 1. The predicted octanol–water partition coefficient (Wildman–Crippen LogP) is 4.57.